The SMILES string of the molecule is CC(C)(C)c1cc2ccc3ncccc3c2nc1Cl. The van der Waals surface area contributed by atoms with E-state index in [9.17, 15) is 0 Å². The Kier molecular flexibility index (Phi) is 2.72. The highest BCUT2D eigenvalue weighted by Gasteiger charge is 2.19. The van der Waals surface area contributed by atoms with Crippen LogP contribution in [0.4, 0.5) is 0 Å². The highest BCUT2D eigenvalue weighted by molar-refractivity contribution is 6.31. The number of pyridine rings is 2. The molecule has 0 N–H and O–H groups in total. The van der Waals surface area contributed by atoms with Crippen molar-refractivity contribution in [2.75, 3.05) is 0 Å². The maximum absolute atomic E-state index is 6.36. The normalized spacial score (nSPS) is 12.2. The molecule has 0 spiro atoms. The fourth-order valence-corrected chi connectivity index (χ4v) is 2.72. The summed E-state index contributed by atoms with van der Waals surface area (Å²) >= 11 is 6.36. The maximum Gasteiger partial charge on any atom is 0.133 e. The standard InChI is InChI=1S/C16H15ClN2/c1-16(2,3)12-9-10-6-7-13-11(5-4-8-18-13)14(10)19-15(12)17/h4-9H,1-3H3. The van der Waals surface area contributed by atoms with Gasteiger partial charge in [-0.15, -0.1) is 0 Å². The van der Waals surface area contributed by atoms with Crippen molar-refractivity contribution in [3.05, 3.63) is 47.2 Å². The van der Waals surface area contributed by atoms with E-state index in [1.165, 1.54) is 0 Å². The zero-order chi connectivity index (χ0) is 13.6. The van der Waals surface area contributed by atoms with Gasteiger partial charge in [-0.1, -0.05) is 38.4 Å². The Morgan fingerprint density at radius 3 is 2.63 bits per heavy atom. The van der Waals surface area contributed by atoms with Crippen LogP contribution >= 0.6 is 11.6 Å². The molecule has 2 heterocycles. The second-order valence-electron chi connectivity index (χ2n) is 5.78. The molecule has 0 aliphatic carbocycles. The number of hydrogen-bond acceptors (Lipinski definition) is 2. The Labute approximate surface area is 117 Å². The molecular weight excluding hydrogens is 256 g/mol. The first-order valence-electron chi connectivity index (χ1n) is 6.31. The second-order valence-corrected chi connectivity index (χ2v) is 6.14. The first-order valence-corrected chi connectivity index (χ1v) is 6.69. The minimum absolute atomic E-state index is 0.0117. The van der Waals surface area contributed by atoms with Gasteiger partial charge in [-0.3, -0.25) is 4.98 Å². The van der Waals surface area contributed by atoms with E-state index >= 15 is 0 Å². The molecule has 0 amide bonds. The van der Waals surface area contributed by atoms with Gasteiger partial charge in [-0.05, 0) is 35.2 Å². The molecule has 0 fully saturated rings. The molecule has 0 aliphatic heterocycles. The number of hydrogen-bond donors (Lipinski definition) is 0. The Bertz CT molecular complexity index is 773. The Balaban J connectivity index is 2.41. The van der Waals surface area contributed by atoms with Crippen LogP contribution in [0, 0.1) is 0 Å². The fraction of sp³-hybridized carbons (Fsp3) is 0.250. The van der Waals surface area contributed by atoms with Crippen molar-refractivity contribution in [1.29, 1.82) is 0 Å². The predicted octanol–water partition coefficient (Wildman–Crippen LogP) is 4.73. The van der Waals surface area contributed by atoms with Gasteiger partial charge in [-0.25, -0.2) is 4.98 Å². The topological polar surface area (TPSA) is 25.8 Å². The van der Waals surface area contributed by atoms with Crippen molar-refractivity contribution < 1.29 is 0 Å². The van der Waals surface area contributed by atoms with Gasteiger partial charge in [0.15, 0.2) is 0 Å². The molecule has 2 nitrogen and oxygen atoms in total. The lowest BCUT2D eigenvalue weighted by Crippen LogP contribution is -2.12. The number of halogens is 1. The number of fused-ring (bicyclic) bond motifs is 3. The van der Waals surface area contributed by atoms with E-state index in [0.29, 0.717) is 5.15 Å². The molecule has 19 heavy (non-hydrogen) atoms. The Morgan fingerprint density at radius 2 is 1.89 bits per heavy atom. The minimum atomic E-state index is -0.0117. The summed E-state index contributed by atoms with van der Waals surface area (Å²) < 4.78 is 0. The van der Waals surface area contributed by atoms with E-state index in [2.05, 4.69) is 42.9 Å². The third-order valence-corrected chi connectivity index (χ3v) is 3.62. The van der Waals surface area contributed by atoms with Gasteiger partial charge in [0.25, 0.3) is 0 Å². The van der Waals surface area contributed by atoms with E-state index in [4.69, 9.17) is 11.6 Å². The molecule has 3 heteroatoms. The number of aromatic nitrogens is 2. The zero-order valence-corrected chi connectivity index (χ0v) is 12.0. The Hall–Kier alpha value is -1.67. The lowest BCUT2D eigenvalue weighted by Gasteiger charge is -2.20. The first-order chi connectivity index (χ1) is 8.97. The van der Waals surface area contributed by atoms with Crippen molar-refractivity contribution >= 4 is 33.4 Å². The molecule has 0 saturated carbocycles. The first kappa shape index (κ1) is 12.4. The van der Waals surface area contributed by atoms with Crippen LogP contribution in [0.15, 0.2) is 36.5 Å². The van der Waals surface area contributed by atoms with Gasteiger partial charge in [0.05, 0.1) is 11.0 Å². The summed E-state index contributed by atoms with van der Waals surface area (Å²) in [6.45, 7) is 6.43. The minimum Gasteiger partial charge on any atom is -0.256 e. The van der Waals surface area contributed by atoms with Crippen LogP contribution in [0.2, 0.25) is 5.15 Å². The molecule has 3 aromatic rings. The van der Waals surface area contributed by atoms with Gasteiger partial charge in [-0.2, -0.15) is 0 Å². The molecule has 1 aromatic carbocycles. The second kappa shape index (κ2) is 4.17. The smallest absolute Gasteiger partial charge is 0.133 e. The number of rotatable bonds is 0. The van der Waals surface area contributed by atoms with Gasteiger partial charge in [0.2, 0.25) is 0 Å². The van der Waals surface area contributed by atoms with Crippen molar-refractivity contribution in [1.82, 2.24) is 9.97 Å². The summed E-state index contributed by atoms with van der Waals surface area (Å²) in [5.41, 5.74) is 2.93. The molecule has 0 saturated heterocycles. The van der Waals surface area contributed by atoms with Crippen molar-refractivity contribution in [3.63, 3.8) is 0 Å². The molecule has 0 atom stereocenters. The van der Waals surface area contributed by atoms with Crippen LogP contribution in [0.1, 0.15) is 26.3 Å². The highest BCUT2D eigenvalue weighted by Crippen LogP contribution is 2.32. The molecule has 0 radical (unpaired) electrons. The van der Waals surface area contributed by atoms with Crippen LogP contribution in [-0.2, 0) is 5.41 Å². The molecule has 2 aromatic heterocycles. The van der Waals surface area contributed by atoms with E-state index in [1.54, 1.807) is 6.20 Å². The Morgan fingerprint density at radius 1 is 1.11 bits per heavy atom. The van der Waals surface area contributed by atoms with Crippen LogP contribution in [-0.4, -0.2) is 9.97 Å². The monoisotopic (exact) mass is 270 g/mol. The number of nitrogens with zero attached hydrogens (tertiary/aromatic N) is 2. The molecule has 0 bridgehead atoms. The van der Waals surface area contributed by atoms with E-state index < -0.39 is 0 Å². The summed E-state index contributed by atoms with van der Waals surface area (Å²) in [6.07, 6.45) is 1.79. The average molecular weight is 271 g/mol. The van der Waals surface area contributed by atoms with E-state index in [-0.39, 0.29) is 5.41 Å². The zero-order valence-electron chi connectivity index (χ0n) is 11.2. The average Bonchev–Trinajstić information content (AvgIpc) is 2.36. The highest BCUT2D eigenvalue weighted by atomic mass is 35.5. The van der Waals surface area contributed by atoms with Gasteiger partial charge >= 0.3 is 0 Å². The maximum atomic E-state index is 6.36. The third kappa shape index (κ3) is 2.06. The van der Waals surface area contributed by atoms with E-state index in [1.807, 2.05) is 18.2 Å². The van der Waals surface area contributed by atoms with Crippen LogP contribution < -0.4 is 0 Å². The fourth-order valence-electron chi connectivity index (χ4n) is 2.29. The van der Waals surface area contributed by atoms with Crippen LogP contribution in [0.3, 0.4) is 0 Å². The van der Waals surface area contributed by atoms with Gasteiger partial charge < -0.3 is 0 Å². The summed E-state index contributed by atoms with van der Waals surface area (Å²) in [5, 5.41) is 2.73. The summed E-state index contributed by atoms with van der Waals surface area (Å²) in [4.78, 5) is 8.94. The predicted molar refractivity (Wildman–Crippen MR) is 80.8 cm³/mol. The van der Waals surface area contributed by atoms with Crippen molar-refractivity contribution in [3.8, 4) is 0 Å². The molecule has 96 valence electrons. The largest absolute Gasteiger partial charge is 0.256 e. The summed E-state index contributed by atoms with van der Waals surface area (Å²) in [6, 6.07) is 10.2. The quantitative estimate of drug-likeness (QED) is 0.436. The van der Waals surface area contributed by atoms with Gasteiger partial charge in [0.1, 0.15) is 5.15 Å². The lowest BCUT2D eigenvalue weighted by atomic mass is 9.87. The van der Waals surface area contributed by atoms with Gasteiger partial charge in [0, 0.05) is 17.0 Å². The molecule has 3 rings (SSSR count). The number of benzene rings is 1. The molecule has 0 unspecified atom stereocenters. The van der Waals surface area contributed by atoms with E-state index in [0.717, 1.165) is 27.4 Å². The molecular formula is C16H15ClN2. The van der Waals surface area contributed by atoms with Crippen LogP contribution in [0.5, 0.6) is 0 Å². The van der Waals surface area contributed by atoms with Crippen LogP contribution in [0.25, 0.3) is 21.8 Å². The van der Waals surface area contributed by atoms with Crippen molar-refractivity contribution in [2.24, 2.45) is 0 Å². The molecule has 0 aliphatic rings. The summed E-state index contributed by atoms with van der Waals surface area (Å²) in [5.74, 6) is 0. The summed E-state index contributed by atoms with van der Waals surface area (Å²) in [7, 11) is 0. The third-order valence-electron chi connectivity index (χ3n) is 3.33. The van der Waals surface area contributed by atoms with Crippen molar-refractivity contribution in [2.45, 2.75) is 26.2 Å². The lowest BCUT2D eigenvalue weighted by molar-refractivity contribution is 0.589.